The molecule has 0 spiro atoms. The molecular formula is C16H31NO4. The molecule has 1 unspecified atom stereocenters. The summed E-state index contributed by atoms with van der Waals surface area (Å²) < 4.78 is 4.98. The highest BCUT2D eigenvalue weighted by molar-refractivity contribution is 5.69. The van der Waals surface area contributed by atoms with Crippen LogP contribution in [-0.4, -0.2) is 47.7 Å². The number of aliphatic carboxylic acids is 1. The maximum absolute atomic E-state index is 11.5. The van der Waals surface area contributed by atoms with Crippen LogP contribution in [0.3, 0.4) is 0 Å². The first-order valence-electron chi connectivity index (χ1n) is 8.16. The molecule has 0 fully saturated rings. The van der Waals surface area contributed by atoms with Gasteiger partial charge in [0, 0.05) is 18.9 Å². The Hall–Kier alpha value is -1.10. The maximum atomic E-state index is 11.5. The smallest absolute Gasteiger partial charge is 0.305 e. The predicted octanol–water partition coefficient (Wildman–Crippen LogP) is 3.08. The van der Waals surface area contributed by atoms with Gasteiger partial charge in [-0.2, -0.15) is 0 Å². The van der Waals surface area contributed by atoms with E-state index in [1.54, 1.807) is 0 Å². The molecule has 5 nitrogen and oxygen atoms in total. The summed E-state index contributed by atoms with van der Waals surface area (Å²) in [6.07, 6.45) is 5.27. The van der Waals surface area contributed by atoms with Crippen LogP contribution in [0.25, 0.3) is 0 Å². The Morgan fingerprint density at radius 2 is 1.76 bits per heavy atom. The van der Waals surface area contributed by atoms with Gasteiger partial charge in [0.2, 0.25) is 0 Å². The quantitative estimate of drug-likeness (QED) is 0.530. The van der Waals surface area contributed by atoms with Crippen molar-refractivity contribution in [2.24, 2.45) is 0 Å². The number of hydrogen-bond donors (Lipinski definition) is 1. The van der Waals surface area contributed by atoms with E-state index in [2.05, 4.69) is 18.7 Å². The topological polar surface area (TPSA) is 66.8 Å². The van der Waals surface area contributed by atoms with Crippen molar-refractivity contribution in [2.75, 3.05) is 19.7 Å². The van der Waals surface area contributed by atoms with E-state index < -0.39 is 5.97 Å². The summed E-state index contributed by atoms with van der Waals surface area (Å²) in [5.41, 5.74) is 0. The Bertz CT molecular complexity index is 294. The van der Waals surface area contributed by atoms with Crippen LogP contribution in [0.2, 0.25) is 0 Å². The van der Waals surface area contributed by atoms with Gasteiger partial charge in [-0.1, -0.05) is 20.3 Å². The molecule has 0 aliphatic rings. The summed E-state index contributed by atoms with van der Waals surface area (Å²) in [6.45, 7) is 8.26. The van der Waals surface area contributed by atoms with Crippen molar-refractivity contribution in [1.82, 2.24) is 4.90 Å². The minimum atomic E-state index is -0.745. The van der Waals surface area contributed by atoms with Crippen LogP contribution in [0.1, 0.15) is 65.7 Å². The Morgan fingerprint density at radius 1 is 1.10 bits per heavy atom. The fraction of sp³-hybridized carbons (Fsp3) is 0.875. The van der Waals surface area contributed by atoms with Crippen molar-refractivity contribution in [2.45, 2.75) is 71.8 Å². The Labute approximate surface area is 128 Å². The zero-order valence-corrected chi connectivity index (χ0v) is 13.8. The molecule has 1 N–H and O–H groups in total. The molecule has 0 aromatic rings. The van der Waals surface area contributed by atoms with Crippen molar-refractivity contribution in [3.8, 4) is 0 Å². The van der Waals surface area contributed by atoms with Crippen molar-refractivity contribution in [1.29, 1.82) is 0 Å². The van der Waals surface area contributed by atoms with Gasteiger partial charge in [0.25, 0.3) is 0 Å². The molecule has 21 heavy (non-hydrogen) atoms. The first-order chi connectivity index (χ1) is 10.0. The molecule has 0 bridgehead atoms. The van der Waals surface area contributed by atoms with E-state index in [0.29, 0.717) is 25.5 Å². The normalized spacial score (nSPS) is 12.4. The van der Waals surface area contributed by atoms with E-state index in [4.69, 9.17) is 9.84 Å². The number of carboxylic acids is 1. The third-order valence-electron chi connectivity index (χ3n) is 3.61. The lowest BCUT2D eigenvalue weighted by molar-refractivity contribution is -0.143. The number of carbonyl (C=O) groups is 2. The number of unbranched alkanes of at least 4 members (excludes halogenated alkanes) is 1. The molecule has 0 amide bonds. The van der Waals surface area contributed by atoms with Gasteiger partial charge < -0.3 is 14.7 Å². The second kappa shape index (κ2) is 12.6. The molecule has 1 atom stereocenters. The van der Waals surface area contributed by atoms with Crippen molar-refractivity contribution >= 4 is 11.9 Å². The number of carbonyl (C=O) groups excluding carboxylic acids is 1. The Kier molecular flexibility index (Phi) is 12.0. The monoisotopic (exact) mass is 301 g/mol. The largest absolute Gasteiger partial charge is 0.481 e. The van der Waals surface area contributed by atoms with E-state index in [-0.39, 0.29) is 12.4 Å². The van der Waals surface area contributed by atoms with Gasteiger partial charge >= 0.3 is 11.9 Å². The molecular weight excluding hydrogens is 270 g/mol. The number of ether oxygens (including phenoxy) is 1. The highest BCUT2D eigenvalue weighted by Gasteiger charge is 2.18. The summed E-state index contributed by atoms with van der Waals surface area (Å²) >= 11 is 0. The van der Waals surface area contributed by atoms with Gasteiger partial charge in [0.05, 0.1) is 6.61 Å². The van der Waals surface area contributed by atoms with Crippen LogP contribution >= 0.6 is 0 Å². The predicted molar refractivity (Wildman–Crippen MR) is 83.3 cm³/mol. The van der Waals surface area contributed by atoms with Crippen LogP contribution in [-0.2, 0) is 14.3 Å². The third kappa shape index (κ3) is 10.3. The fourth-order valence-electron chi connectivity index (χ4n) is 2.43. The molecule has 0 radical (unpaired) electrons. The van der Waals surface area contributed by atoms with E-state index in [9.17, 15) is 9.59 Å². The molecule has 0 aliphatic heterocycles. The van der Waals surface area contributed by atoms with Crippen molar-refractivity contribution < 1.29 is 19.4 Å². The Morgan fingerprint density at radius 3 is 2.29 bits per heavy atom. The minimum absolute atomic E-state index is 0.142. The second-order valence-electron chi connectivity index (χ2n) is 5.29. The van der Waals surface area contributed by atoms with Gasteiger partial charge in [0.15, 0.2) is 0 Å². The van der Waals surface area contributed by atoms with Crippen molar-refractivity contribution in [3.63, 3.8) is 0 Å². The summed E-state index contributed by atoms with van der Waals surface area (Å²) in [5, 5.41) is 8.75. The lowest BCUT2D eigenvalue weighted by Crippen LogP contribution is -2.37. The fourth-order valence-corrected chi connectivity index (χ4v) is 2.43. The first-order valence-corrected chi connectivity index (χ1v) is 8.16. The van der Waals surface area contributed by atoms with Crippen LogP contribution in [0.15, 0.2) is 0 Å². The molecule has 0 saturated carbocycles. The summed E-state index contributed by atoms with van der Waals surface area (Å²) in [7, 11) is 0. The van der Waals surface area contributed by atoms with Gasteiger partial charge in [-0.25, -0.2) is 0 Å². The molecule has 0 aromatic carbocycles. The van der Waals surface area contributed by atoms with E-state index in [0.717, 1.165) is 38.8 Å². The number of rotatable bonds is 13. The maximum Gasteiger partial charge on any atom is 0.305 e. The van der Waals surface area contributed by atoms with Crippen molar-refractivity contribution in [3.05, 3.63) is 0 Å². The molecule has 0 heterocycles. The number of esters is 1. The average molecular weight is 301 g/mol. The number of hydrogen-bond acceptors (Lipinski definition) is 4. The Balaban J connectivity index is 4.36. The van der Waals surface area contributed by atoms with E-state index in [1.165, 1.54) is 0 Å². The molecule has 0 aromatic heterocycles. The average Bonchev–Trinajstić information content (AvgIpc) is 2.44. The zero-order valence-electron chi connectivity index (χ0n) is 13.8. The molecule has 0 aliphatic carbocycles. The van der Waals surface area contributed by atoms with Crippen LogP contribution in [0.5, 0.6) is 0 Å². The molecule has 0 saturated heterocycles. The first kappa shape index (κ1) is 19.9. The molecule has 0 rings (SSSR count). The van der Waals surface area contributed by atoms with Crippen LogP contribution < -0.4 is 0 Å². The number of carboxylic acid groups (broad SMARTS) is 1. The third-order valence-corrected chi connectivity index (χ3v) is 3.61. The van der Waals surface area contributed by atoms with Crippen LogP contribution in [0, 0.1) is 0 Å². The SMILES string of the molecule is CCCCN(CCCC(=O)O)C(CC)CCC(=O)OCC. The van der Waals surface area contributed by atoms with E-state index in [1.807, 2.05) is 6.92 Å². The minimum Gasteiger partial charge on any atom is -0.481 e. The second-order valence-corrected chi connectivity index (χ2v) is 5.29. The molecule has 124 valence electrons. The highest BCUT2D eigenvalue weighted by Crippen LogP contribution is 2.14. The number of nitrogens with zero attached hydrogens (tertiary/aromatic N) is 1. The van der Waals surface area contributed by atoms with E-state index >= 15 is 0 Å². The van der Waals surface area contributed by atoms with Gasteiger partial charge in [-0.15, -0.1) is 0 Å². The highest BCUT2D eigenvalue weighted by atomic mass is 16.5. The summed E-state index contributed by atoms with van der Waals surface area (Å²) in [5.74, 6) is -0.887. The standard InChI is InChI=1S/C16H31NO4/c1-4-7-12-17(13-8-9-15(18)19)14(5-2)10-11-16(20)21-6-3/h14H,4-13H2,1-3H3,(H,18,19). The zero-order chi connectivity index (χ0) is 16.1. The lowest BCUT2D eigenvalue weighted by Gasteiger charge is -2.31. The lowest BCUT2D eigenvalue weighted by atomic mass is 10.1. The van der Waals surface area contributed by atoms with Gasteiger partial charge in [0.1, 0.15) is 0 Å². The molecule has 5 heteroatoms. The van der Waals surface area contributed by atoms with Crippen LogP contribution in [0.4, 0.5) is 0 Å². The van der Waals surface area contributed by atoms with Gasteiger partial charge in [-0.3, -0.25) is 9.59 Å². The summed E-state index contributed by atoms with van der Waals surface area (Å²) in [6, 6.07) is 0.328. The van der Waals surface area contributed by atoms with Gasteiger partial charge in [-0.05, 0) is 45.7 Å². The summed E-state index contributed by atoms with van der Waals surface area (Å²) in [4.78, 5) is 24.5.